The molecule has 140 valence electrons. The first kappa shape index (κ1) is 18.2. The van der Waals surface area contributed by atoms with Gasteiger partial charge in [-0.3, -0.25) is 9.59 Å². The van der Waals surface area contributed by atoms with Gasteiger partial charge in [-0.15, -0.1) is 0 Å². The number of fused-ring (bicyclic) bond motifs is 1. The molecule has 0 unspecified atom stereocenters. The number of rotatable bonds is 3. The van der Waals surface area contributed by atoms with Gasteiger partial charge in [-0.25, -0.2) is 9.18 Å². The van der Waals surface area contributed by atoms with Crippen molar-refractivity contribution in [3.8, 4) is 0 Å². The molecular formula is C18H23FN4O3. The molecule has 1 aromatic rings. The molecule has 2 aliphatic heterocycles. The van der Waals surface area contributed by atoms with Crippen molar-refractivity contribution in [3.05, 3.63) is 29.6 Å². The number of carbonyl (C=O) groups excluding carboxylic acids is 3. The Balaban J connectivity index is 1.64. The summed E-state index contributed by atoms with van der Waals surface area (Å²) in [6.45, 7) is 5.81. The largest absolute Gasteiger partial charge is 0.342 e. The molecule has 2 fully saturated rings. The summed E-state index contributed by atoms with van der Waals surface area (Å²) in [4.78, 5) is 38.6. The first-order valence-corrected chi connectivity index (χ1v) is 8.70. The summed E-state index contributed by atoms with van der Waals surface area (Å²) in [6, 6.07) is 2.24. The van der Waals surface area contributed by atoms with E-state index in [1.807, 2.05) is 13.8 Å². The van der Waals surface area contributed by atoms with Gasteiger partial charge in [0.1, 0.15) is 17.9 Å². The molecule has 7 nitrogen and oxygen atoms in total. The molecule has 26 heavy (non-hydrogen) atoms. The van der Waals surface area contributed by atoms with Crippen LogP contribution in [0, 0.1) is 18.7 Å². The number of benzene rings is 1. The van der Waals surface area contributed by atoms with Crippen LogP contribution < -0.4 is 16.0 Å². The highest BCUT2D eigenvalue weighted by molar-refractivity contribution is 5.98. The summed E-state index contributed by atoms with van der Waals surface area (Å²) in [7, 11) is 0. The van der Waals surface area contributed by atoms with Gasteiger partial charge in [0.25, 0.3) is 0 Å². The summed E-state index contributed by atoms with van der Waals surface area (Å²) >= 11 is 0. The van der Waals surface area contributed by atoms with E-state index >= 15 is 0 Å². The van der Waals surface area contributed by atoms with E-state index in [2.05, 4.69) is 16.0 Å². The molecule has 8 heteroatoms. The number of carbonyl (C=O) groups is 3. The van der Waals surface area contributed by atoms with Gasteiger partial charge in [0.15, 0.2) is 0 Å². The number of aryl methyl sites for hydroxylation is 1. The van der Waals surface area contributed by atoms with E-state index in [1.54, 1.807) is 17.9 Å². The van der Waals surface area contributed by atoms with Crippen LogP contribution in [0.4, 0.5) is 14.9 Å². The van der Waals surface area contributed by atoms with E-state index in [1.165, 1.54) is 12.1 Å². The smallest absolute Gasteiger partial charge is 0.319 e. The third-order valence-corrected chi connectivity index (χ3v) is 4.90. The molecule has 3 N–H and O–H groups in total. The average Bonchev–Trinajstić information content (AvgIpc) is 2.98. The number of piperazine rings is 1. The van der Waals surface area contributed by atoms with E-state index in [0.29, 0.717) is 12.1 Å². The first-order chi connectivity index (χ1) is 12.3. The highest BCUT2D eigenvalue weighted by Gasteiger charge is 2.47. The van der Waals surface area contributed by atoms with Crippen molar-refractivity contribution in [3.63, 3.8) is 0 Å². The van der Waals surface area contributed by atoms with E-state index in [9.17, 15) is 18.8 Å². The first-order valence-electron chi connectivity index (χ1n) is 8.70. The zero-order chi connectivity index (χ0) is 19.0. The molecule has 0 aromatic heterocycles. The fourth-order valence-electron chi connectivity index (χ4n) is 3.45. The average molecular weight is 362 g/mol. The maximum atomic E-state index is 13.3. The van der Waals surface area contributed by atoms with Crippen LogP contribution in [0.1, 0.15) is 25.8 Å². The summed E-state index contributed by atoms with van der Waals surface area (Å²) in [5, 5.41) is 8.15. The molecule has 4 amide bonds. The highest BCUT2D eigenvalue weighted by atomic mass is 19.1. The van der Waals surface area contributed by atoms with Gasteiger partial charge in [-0.05, 0) is 37.0 Å². The van der Waals surface area contributed by atoms with Gasteiger partial charge in [0.05, 0.1) is 6.04 Å². The van der Waals surface area contributed by atoms with Gasteiger partial charge in [-0.1, -0.05) is 19.9 Å². The molecular weight excluding hydrogens is 339 g/mol. The minimum absolute atomic E-state index is 0.00124. The maximum Gasteiger partial charge on any atom is 0.319 e. The van der Waals surface area contributed by atoms with E-state index in [-0.39, 0.29) is 30.3 Å². The predicted molar refractivity (Wildman–Crippen MR) is 94.0 cm³/mol. The quantitative estimate of drug-likeness (QED) is 0.759. The topological polar surface area (TPSA) is 90.5 Å². The summed E-state index contributed by atoms with van der Waals surface area (Å²) in [6.07, 6.45) is 0.359. The van der Waals surface area contributed by atoms with Crippen LogP contribution in [0.25, 0.3) is 0 Å². The lowest BCUT2D eigenvalue weighted by atomic mass is 9.98. The predicted octanol–water partition coefficient (Wildman–Crippen LogP) is 1.38. The van der Waals surface area contributed by atoms with Crippen molar-refractivity contribution in [2.24, 2.45) is 5.92 Å². The third-order valence-electron chi connectivity index (χ3n) is 4.90. The Morgan fingerprint density at radius 1 is 1.35 bits per heavy atom. The van der Waals surface area contributed by atoms with Crippen molar-refractivity contribution < 1.29 is 18.8 Å². The molecule has 2 aliphatic rings. The molecule has 2 heterocycles. The summed E-state index contributed by atoms with van der Waals surface area (Å²) in [5.41, 5.74) is 1.12. The molecule has 0 bridgehead atoms. The fraction of sp³-hybridized carbons (Fsp3) is 0.500. The van der Waals surface area contributed by atoms with Crippen LogP contribution in [-0.2, 0) is 9.59 Å². The minimum atomic E-state index is -0.557. The van der Waals surface area contributed by atoms with Crippen molar-refractivity contribution in [2.75, 3.05) is 11.9 Å². The lowest BCUT2D eigenvalue weighted by Crippen LogP contribution is -2.62. The molecule has 3 rings (SSSR count). The number of nitrogens with one attached hydrogen (secondary N) is 3. The van der Waals surface area contributed by atoms with Crippen molar-refractivity contribution in [1.29, 1.82) is 0 Å². The maximum absolute atomic E-state index is 13.3. The lowest BCUT2D eigenvalue weighted by Gasteiger charge is -2.36. The molecule has 0 aliphatic carbocycles. The van der Waals surface area contributed by atoms with Crippen LogP contribution in [0.2, 0.25) is 0 Å². The van der Waals surface area contributed by atoms with Gasteiger partial charge >= 0.3 is 6.03 Å². The Bertz CT molecular complexity index is 752. The molecule has 2 saturated heterocycles. The van der Waals surface area contributed by atoms with Gasteiger partial charge < -0.3 is 20.9 Å². The fourth-order valence-corrected chi connectivity index (χ4v) is 3.45. The monoisotopic (exact) mass is 362 g/mol. The van der Waals surface area contributed by atoms with E-state index < -0.39 is 23.9 Å². The summed E-state index contributed by atoms with van der Waals surface area (Å²) < 4.78 is 13.3. The number of halogens is 1. The second-order valence-corrected chi connectivity index (χ2v) is 7.23. The van der Waals surface area contributed by atoms with Crippen LogP contribution >= 0.6 is 0 Å². The Labute approximate surface area is 151 Å². The number of nitrogens with zero attached hydrogens (tertiary/aromatic N) is 1. The van der Waals surface area contributed by atoms with Crippen LogP contribution in [-0.4, -0.2) is 47.4 Å². The molecule has 0 radical (unpaired) electrons. The highest BCUT2D eigenvalue weighted by Crippen LogP contribution is 2.25. The summed E-state index contributed by atoms with van der Waals surface area (Å²) in [5.74, 6) is -0.742. The Kier molecular flexibility index (Phi) is 4.84. The van der Waals surface area contributed by atoms with E-state index in [4.69, 9.17) is 0 Å². The minimum Gasteiger partial charge on any atom is -0.342 e. The van der Waals surface area contributed by atoms with Crippen LogP contribution in [0.5, 0.6) is 0 Å². The zero-order valence-corrected chi connectivity index (χ0v) is 15.0. The number of hydrogen-bond acceptors (Lipinski definition) is 3. The Morgan fingerprint density at radius 2 is 2.08 bits per heavy atom. The Morgan fingerprint density at radius 3 is 2.77 bits per heavy atom. The second-order valence-electron chi connectivity index (χ2n) is 7.23. The van der Waals surface area contributed by atoms with Gasteiger partial charge in [0.2, 0.25) is 11.8 Å². The number of anilines is 1. The number of hydrogen-bond donors (Lipinski definition) is 3. The number of amides is 4. The molecule has 0 spiro atoms. The van der Waals surface area contributed by atoms with Crippen molar-refractivity contribution >= 4 is 23.5 Å². The van der Waals surface area contributed by atoms with Gasteiger partial charge in [0, 0.05) is 12.2 Å². The van der Waals surface area contributed by atoms with Crippen molar-refractivity contribution in [2.45, 2.75) is 45.3 Å². The van der Waals surface area contributed by atoms with E-state index in [0.717, 1.165) is 5.56 Å². The van der Waals surface area contributed by atoms with Crippen LogP contribution in [0.3, 0.4) is 0 Å². The van der Waals surface area contributed by atoms with Crippen LogP contribution in [0.15, 0.2) is 18.2 Å². The molecule has 1 aromatic carbocycles. The lowest BCUT2D eigenvalue weighted by molar-refractivity contribution is -0.148. The normalized spacial score (nSPS) is 25.1. The standard InChI is InChI=1S/C18H23FN4O3/c1-9(2)15-17(25)23-8-12(7-14(23)16(24)22-15)20-18(26)21-13-6-11(19)5-4-10(13)3/h4-6,9,12,14-15H,7-8H2,1-3H3,(H,22,24)(H2,20,21,26)/t12-,14-,15-/m0/s1. The third kappa shape index (κ3) is 3.49. The van der Waals surface area contributed by atoms with Crippen molar-refractivity contribution in [1.82, 2.24) is 15.5 Å². The Hall–Kier alpha value is -2.64. The molecule has 0 saturated carbocycles. The SMILES string of the molecule is Cc1ccc(F)cc1NC(=O)N[C@H]1C[C@H]2C(=O)N[C@@H](C(C)C)C(=O)N2C1. The van der Waals surface area contributed by atoms with Gasteiger partial charge in [-0.2, -0.15) is 0 Å². The zero-order valence-electron chi connectivity index (χ0n) is 15.0. The second kappa shape index (κ2) is 6.93. The number of urea groups is 1. The molecule has 3 atom stereocenters.